The largest absolute Gasteiger partial charge is 0.493 e. The number of benzene rings is 5. The number of fused-ring (bicyclic) bond motifs is 8. The van der Waals surface area contributed by atoms with Crippen LogP contribution in [0.15, 0.2) is 91.0 Å². The predicted molar refractivity (Wildman–Crippen MR) is 244 cm³/mol. The molecule has 0 fully saturated rings. The Hall–Kier alpha value is -5.78. The summed E-state index contributed by atoms with van der Waals surface area (Å²) in [7, 11) is 1.58. The zero-order valence-corrected chi connectivity index (χ0v) is 36.6. The van der Waals surface area contributed by atoms with E-state index in [4.69, 9.17) is 14.2 Å². The molecule has 0 saturated carbocycles. The van der Waals surface area contributed by atoms with Gasteiger partial charge in [0, 0.05) is 51.8 Å². The summed E-state index contributed by atoms with van der Waals surface area (Å²) >= 11 is 4.62. The van der Waals surface area contributed by atoms with Crippen LogP contribution in [0.1, 0.15) is 99.2 Å². The van der Waals surface area contributed by atoms with Gasteiger partial charge in [0.2, 0.25) is 5.91 Å². The van der Waals surface area contributed by atoms with Crippen molar-refractivity contribution in [1.29, 1.82) is 0 Å². The minimum atomic E-state index is -0.738. The second-order valence-electron chi connectivity index (χ2n) is 17.8. The van der Waals surface area contributed by atoms with Crippen LogP contribution in [0.25, 0.3) is 0 Å². The number of methoxy groups -OCH3 is 1. The van der Waals surface area contributed by atoms with E-state index >= 15 is 0 Å². The van der Waals surface area contributed by atoms with Gasteiger partial charge in [0.15, 0.2) is 11.5 Å². The Bertz CT molecular complexity index is 2580. The van der Waals surface area contributed by atoms with E-state index in [1.807, 2.05) is 105 Å². The van der Waals surface area contributed by atoms with Crippen molar-refractivity contribution < 1.29 is 33.7 Å². The van der Waals surface area contributed by atoms with Crippen LogP contribution in [-0.4, -0.2) is 52.9 Å². The molecular weight excluding hydrogens is 799 g/mol. The van der Waals surface area contributed by atoms with Gasteiger partial charge in [-0.15, -0.1) is 0 Å². The lowest BCUT2D eigenvalue weighted by Gasteiger charge is -2.26. The highest BCUT2D eigenvalue weighted by atomic mass is 32.1. The number of nitrogens with one attached hydrogen (secondary N) is 1. The van der Waals surface area contributed by atoms with E-state index in [2.05, 4.69) is 24.0 Å². The van der Waals surface area contributed by atoms with Crippen molar-refractivity contribution in [1.82, 2.24) is 0 Å². The first-order chi connectivity index (χ1) is 29.8. The number of hydrogen-bond acceptors (Lipinski definition) is 8. The van der Waals surface area contributed by atoms with E-state index in [0.29, 0.717) is 59.7 Å². The van der Waals surface area contributed by atoms with Crippen LogP contribution in [0, 0.1) is 6.92 Å². The molecule has 0 aromatic heterocycles. The van der Waals surface area contributed by atoms with Gasteiger partial charge in [0.25, 0.3) is 11.8 Å². The van der Waals surface area contributed by atoms with Gasteiger partial charge in [0.05, 0.1) is 19.3 Å². The SMILES string of the molecule is COc1cc2c(cc1OCc1cc(COc3cc4c(cc3C)C(=O)N3c5ccccc5C[C@H]3C(O)C4)cc(NC(=O)CCCC(C)(C)S)c1)CC[C@@H]1Cc3ccccc3N1C2=O. The Morgan fingerprint density at radius 2 is 1.40 bits per heavy atom. The predicted octanol–water partition coefficient (Wildman–Crippen LogP) is 8.99. The normalized spacial score (nSPS) is 18.7. The van der Waals surface area contributed by atoms with Gasteiger partial charge < -0.3 is 34.4 Å². The van der Waals surface area contributed by atoms with Gasteiger partial charge in [-0.3, -0.25) is 14.4 Å². The first kappa shape index (κ1) is 41.6. The quantitative estimate of drug-likeness (QED) is 0.107. The topological polar surface area (TPSA) is 118 Å². The number of para-hydroxylation sites is 2. The molecule has 5 aromatic rings. The summed E-state index contributed by atoms with van der Waals surface area (Å²) in [6, 6.07) is 29.0. The third kappa shape index (κ3) is 8.28. The van der Waals surface area contributed by atoms with Gasteiger partial charge in [-0.25, -0.2) is 0 Å². The Morgan fingerprint density at radius 1 is 0.774 bits per heavy atom. The molecule has 4 heterocycles. The molecule has 0 aliphatic carbocycles. The molecule has 3 atom stereocenters. The lowest BCUT2D eigenvalue weighted by molar-refractivity contribution is -0.116. The van der Waals surface area contributed by atoms with Crippen molar-refractivity contribution in [3.05, 3.63) is 141 Å². The number of rotatable bonds is 12. The van der Waals surface area contributed by atoms with Gasteiger partial charge in [-0.1, -0.05) is 50.2 Å². The zero-order valence-electron chi connectivity index (χ0n) is 35.7. The first-order valence-electron chi connectivity index (χ1n) is 21.6. The van der Waals surface area contributed by atoms with Crippen molar-refractivity contribution in [3.63, 3.8) is 0 Å². The molecule has 0 radical (unpaired) electrons. The average Bonchev–Trinajstić information content (AvgIpc) is 3.76. The van der Waals surface area contributed by atoms with Crippen LogP contribution >= 0.6 is 12.6 Å². The van der Waals surface area contributed by atoms with Gasteiger partial charge in [0.1, 0.15) is 19.0 Å². The molecule has 2 N–H and O–H groups in total. The number of aryl methyl sites for hydroxylation is 2. The second-order valence-corrected chi connectivity index (χ2v) is 19.0. The highest BCUT2D eigenvalue weighted by Crippen LogP contribution is 2.42. The van der Waals surface area contributed by atoms with Gasteiger partial charge in [-0.05, 0) is 139 Å². The molecule has 10 nitrogen and oxygen atoms in total. The summed E-state index contributed by atoms with van der Waals surface area (Å²) < 4.78 is 18.6. The van der Waals surface area contributed by atoms with Crippen molar-refractivity contribution in [3.8, 4) is 17.2 Å². The van der Waals surface area contributed by atoms with Crippen LogP contribution in [0.4, 0.5) is 17.1 Å². The lowest BCUT2D eigenvalue weighted by Crippen LogP contribution is -2.43. The number of anilines is 3. The van der Waals surface area contributed by atoms with E-state index in [-0.39, 0.29) is 47.8 Å². The molecule has 1 unspecified atom stereocenters. The summed E-state index contributed by atoms with van der Waals surface area (Å²) in [6.07, 6.45) is 4.46. The molecule has 4 aliphatic rings. The molecule has 320 valence electrons. The number of carbonyl (C=O) groups is 3. The van der Waals surface area contributed by atoms with Crippen molar-refractivity contribution in [2.75, 3.05) is 22.2 Å². The Kier molecular flexibility index (Phi) is 11.3. The van der Waals surface area contributed by atoms with Crippen molar-refractivity contribution in [2.24, 2.45) is 0 Å². The van der Waals surface area contributed by atoms with Crippen LogP contribution in [0.2, 0.25) is 0 Å². The highest BCUT2D eigenvalue weighted by molar-refractivity contribution is 7.81. The maximum absolute atomic E-state index is 14.1. The summed E-state index contributed by atoms with van der Waals surface area (Å²) in [4.78, 5) is 45.0. The fourth-order valence-electron chi connectivity index (χ4n) is 9.65. The van der Waals surface area contributed by atoms with Crippen LogP contribution < -0.4 is 29.3 Å². The molecule has 3 amide bonds. The number of amides is 3. The van der Waals surface area contributed by atoms with Crippen LogP contribution in [-0.2, 0) is 43.7 Å². The maximum Gasteiger partial charge on any atom is 0.258 e. The molecule has 11 heteroatoms. The average molecular weight is 852 g/mol. The summed E-state index contributed by atoms with van der Waals surface area (Å²) in [5.74, 6) is 1.37. The smallest absolute Gasteiger partial charge is 0.258 e. The Morgan fingerprint density at radius 3 is 2.11 bits per heavy atom. The van der Waals surface area contributed by atoms with Gasteiger partial charge in [-0.2, -0.15) is 12.6 Å². The van der Waals surface area contributed by atoms with E-state index in [1.165, 1.54) is 5.56 Å². The Balaban J connectivity index is 0.956. The van der Waals surface area contributed by atoms with E-state index in [9.17, 15) is 19.5 Å². The van der Waals surface area contributed by atoms with Crippen LogP contribution in [0.5, 0.6) is 17.2 Å². The summed E-state index contributed by atoms with van der Waals surface area (Å²) in [6.45, 7) is 6.34. The molecule has 62 heavy (non-hydrogen) atoms. The van der Waals surface area contributed by atoms with Crippen molar-refractivity contribution in [2.45, 2.75) is 108 Å². The number of nitrogens with zero attached hydrogens (tertiary/aromatic N) is 2. The fraction of sp³-hybridized carbons (Fsp3) is 0.353. The summed E-state index contributed by atoms with van der Waals surface area (Å²) in [5.41, 5.74) is 9.99. The van der Waals surface area contributed by atoms with E-state index in [0.717, 1.165) is 70.4 Å². The number of aliphatic hydroxyl groups excluding tert-OH is 1. The number of thiol groups is 1. The molecule has 0 bridgehead atoms. The molecule has 0 saturated heterocycles. The number of hydrogen-bond donors (Lipinski definition) is 3. The second kappa shape index (κ2) is 16.8. The summed E-state index contributed by atoms with van der Waals surface area (Å²) in [5, 5.41) is 14.5. The number of aliphatic hydroxyl groups is 1. The Labute approximate surface area is 368 Å². The van der Waals surface area contributed by atoms with Gasteiger partial charge >= 0.3 is 0 Å². The molecule has 9 rings (SSSR count). The third-order valence-electron chi connectivity index (χ3n) is 12.7. The standard InChI is InChI=1S/C51H53N3O7S/c1-30-18-39-36(24-44(55)43-23-35-11-6-8-13-42(35)54(43)50(39)58)26-45(30)60-28-31-19-32(21-37(20-31)52-48(56)14-9-17-51(2,3)62)29-61-47-25-33-15-16-38-22-34-10-5-7-12-41(34)53(38)49(57)40(33)27-46(47)59-4/h5-8,10-13,18-21,25-27,38,43-44,55,62H,9,14-17,22-24,28-29H2,1-4H3,(H,52,56)/t38-,43+,44?/m1/s1. The zero-order chi connectivity index (χ0) is 43.3. The fourth-order valence-corrected chi connectivity index (χ4v) is 9.81. The highest BCUT2D eigenvalue weighted by Gasteiger charge is 2.42. The lowest BCUT2D eigenvalue weighted by atomic mass is 9.96. The third-order valence-corrected chi connectivity index (χ3v) is 12.9. The minimum absolute atomic E-state index is 0.0260. The molecular formula is C51H53N3O7S. The number of carbonyl (C=O) groups excluding carboxylic acids is 3. The molecule has 4 aliphatic heterocycles. The maximum atomic E-state index is 14.1. The monoisotopic (exact) mass is 851 g/mol. The number of ether oxygens (including phenoxy) is 3. The van der Waals surface area contributed by atoms with Crippen LogP contribution in [0.3, 0.4) is 0 Å². The molecule has 5 aromatic carbocycles. The van der Waals surface area contributed by atoms with E-state index in [1.54, 1.807) is 18.1 Å². The molecule has 0 spiro atoms. The van der Waals surface area contributed by atoms with Crippen molar-refractivity contribution >= 4 is 47.4 Å². The minimum Gasteiger partial charge on any atom is -0.493 e. The van der Waals surface area contributed by atoms with E-state index < -0.39 is 6.10 Å². The first-order valence-corrected chi connectivity index (χ1v) is 22.0.